The molecule has 1 heterocycles. The van der Waals surface area contributed by atoms with E-state index >= 15 is 0 Å². The van der Waals surface area contributed by atoms with Crippen LogP contribution in [0.3, 0.4) is 0 Å². The van der Waals surface area contributed by atoms with Crippen LogP contribution in [0, 0.1) is 0 Å². The molecule has 2 aromatic rings. The van der Waals surface area contributed by atoms with E-state index in [1.54, 1.807) is 43.6 Å². The number of aromatic nitrogens is 1. The molecule has 5 heteroatoms. The Labute approximate surface area is 109 Å². The maximum absolute atomic E-state index is 10.6. The monoisotopic (exact) mass is 263 g/mol. The van der Waals surface area contributed by atoms with E-state index in [0.717, 1.165) is 0 Å². The van der Waals surface area contributed by atoms with E-state index in [4.69, 9.17) is 21.1 Å². The Kier molecular flexibility index (Phi) is 3.79. The summed E-state index contributed by atoms with van der Waals surface area (Å²) in [5.41, 5.74) is 0.428. The van der Waals surface area contributed by atoms with Gasteiger partial charge in [0.1, 0.15) is 11.5 Å². The summed E-state index contributed by atoms with van der Waals surface area (Å²) < 4.78 is 10.5. The molecule has 0 unspecified atom stereocenters. The van der Waals surface area contributed by atoms with Crippen LogP contribution in [0.25, 0.3) is 0 Å². The minimum absolute atomic E-state index is 0.351. The van der Waals surface area contributed by atoms with Gasteiger partial charge in [-0.1, -0.05) is 11.6 Å². The quantitative estimate of drug-likeness (QED) is 0.794. The predicted octanol–water partition coefficient (Wildman–Crippen LogP) is 3.35. The van der Waals surface area contributed by atoms with Gasteiger partial charge in [-0.2, -0.15) is 0 Å². The lowest BCUT2D eigenvalue weighted by Gasteiger charge is -2.06. The second kappa shape index (κ2) is 5.51. The minimum Gasteiger partial charge on any atom is -0.481 e. The SMILES string of the molecule is COc1ccc(Oc2ccc(C=O)c(Cl)c2)cn1. The molecule has 1 aromatic heterocycles. The third-order valence-corrected chi connectivity index (χ3v) is 2.58. The van der Waals surface area contributed by atoms with E-state index in [9.17, 15) is 4.79 Å². The fourth-order valence-electron chi connectivity index (χ4n) is 1.35. The molecule has 92 valence electrons. The molecule has 0 bridgehead atoms. The molecule has 4 nitrogen and oxygen atoms in total. The topological polar surface area (TPSA) is 48.4 Å². The maximum Gasteiger partial charge on any atom is 0.213 e. The highest BCUT2D eigenvalue weighted by Gasteiger charge is 2.03. The number of carbonyl (C=O) groups excluding carboxylic acids is 1. The van der Waals surface area contributed by atoms with Crippen LogP contribution in [0.2, 0.25) is 5.02 Å². The molecule has 0 fully saturated rings. The standard InChI is InChI=1S/C13H10ClNO3/c1-17-13-5-4-11(7-15-13)18-10-3-2-9(8-16)12(14)6-10/h2-8H,1H3. The molecule has 0 N–H and O–H groups in total. The molecule has 1 aromatic carbocycles. The first-order valence-corrected chi connectivity index (χ1v) is 5.53. The molecule has 0 spiro atoms. The van der Waals surface area contributed by atoms with E-state index in [1.807, 2.05) is 0 Å². The number of hydrogen-bond donors (Lipinski definition) is 0. The summed E-state index contributed by atoms with van der Waals surface area (Å²) in [6.45, 7) is 0. The van der Waals surface area contributed by atoms with Crippen LogP contribution in [0.15, 0.2) is 36.5 Å². The van der Waals surface area contributed by atoms with Crippen molar-refractivity contribution in [2.24, 2.45) is 0 Å². The van der Waals surface area contributed by atoms with Crippen molar-refractivity contribution in [3.8, 4) is 17.4 Å². The smallest absolute Gasteiger partial charge is 0.213 e. The number of pyridine rings is 1. The minimum atomic E-state index is 0.351. The summed E-state index contributed by atoms with van der Waals surface area (Å²) in [5, 5.41) is 0.351. The van der Waals surface area contributed by atoms with Crippen LogP contribution in [-0.2, 0) is 0 Å². The van der Waals surface area contributed by atoms with Gasteiger partial charge in [0.2, 0.25) is 5.88 Å². The van der Waals surface area contributed by atoms with Gasteiger partial charge in [0, 0.05) is 17.7 Å². The van der Waals surface area contributed by atoms with Crippen LogP contribution < -0.4 is 9.47 Å². The number of aldehydes is 1. The Morgan fingerprint density at radius 1 is 1.22 bits per heavy atom. The zero-order valence-corrected chi connectivity index (χ0v) is 10.3. The summed E-state index contributed by atoms with van der Waals surface area (Å²) in [4.78, 5) is 14.6. The Morgan fingerprint density at radius 2 is 2.00 bits per heavy atom. The molecule has 0 saturated heterocycles. The van der Waals surface area contributed by atoms with E-state index in [2.05, 4.69) is 4.98 Å². The Balaban J connectivity index is 2.17. The fraction of sp³-hybridized carbons (Fsp3) is 0.0769. The van der Waals surface area contributed by atoms with E-state index < -0.39 is 0 Å². The fourth-order valence-corrected chi connectivity index (χ4v) is 1.57. The van der Waals surface area contributed by atoms with Crippen molar-refractivity contribution in [3.63, 3.8) is 0 Å². The van der Waals surface area contributed by atoms with Gasteiger partial charge in [0.05, 0.1) is 18.3 Å². The average Bonchev–Trinajstić information content (AvgIpc) is 2.40. The van der Waals surface area contributed by atoms with Crippen LogP contribution in [0.5, 0.6) is 17.4 Å². The number of methoxy groups -OCH3 is 1. The normalized spacial score (nSPS) is 9.89. The average molecular weight is 264 g/mol. The highest BCUT2D eigenvalue weighted by Crippen LogP contribution is 2.26. The summed E-state index contributed by atoms with van der Waals surface area (Å²) in [7, 11) is 1.54. The number of benzene rings is 1. The van der Waals surface area contributed by atoms with Gasteiger partial charge < -0.3 is 9.47 Å². The van der Waals surface area contributed by atoms with Gasteiger partial charge in [-0.15, -0.1) is 0 Å². The van der Waals surface area contributed by atoms with Crippen LogP contribution in [0.4, 0.5) is 0 Å². The number of halogens is 1. The summed E-state index contributed by atoms with van der Waals surface area (Å²) >= 11 is 5.90. The van der Waals surface area contributed by atoms with Crippen molar-refractivity contribution >= 4 is 17.9 Å². The van der Waals surface area contributed by atoms with E-state index in [1.165, 1.54) is 0 Å². The molecule has 0 aliphatic carbocycles. The molecule has 0 atom stereocenters. The van der Waals surface area contributed by atoms with Crippen LogP contribution in [0.1, 0.15) is 10.4 Å². The zero-order valence-electron chi connectivity index (χ0n) is 9.59. The Morgan fingerprint density at radius 3 is 2.56 bits per heavy atom. The first-order chi connectivity index (χ1) is 8.72. The molecule has 0 aliphatic rings. The molecule has 0 saturated carbocycles. The van der Waals surface area contributed by atoms with Crippen molar-refractivity contribution in [2.75, 3.05) is 7.11 Å². The second-order valence-corrected chi connectivity index (χ2v) is 3.85. The highest BCUT2D eigenvalue weighted by atomic mass is 35.5. The highest BCUT2D eigenvalue weighted by molar-refractivity contribution is 6.33. The molecule has 18 heavy (non-hydrogen) atoms. The lowest BCUT2D eigenvalue weighted by molar-refractivity contribution is 0.112. The number of carbonyl (C=O) groups is 1. The van der Waals surface area contributed by atoms with Crippen LogP contribution in [-0.4, -0.2) is 18.4 Å². The molecular formula is C13H10ClNO3. The Bertz CT molecular complexity index is 555. The number of ether oxygens (including phenoxy) is 2. The van der Waals surface area contributed by atoms with Gasteiger partial charge in [0.25, 0.3) is 0 Å². The summed E-state index contributed by atoms with van der Waals surface area (Å²) in [6.07, 6.45) is 2.24. The molecule has 2 rings (SSSR count). The van der Waals surface area contributed by atoms with Gasteiger partial charge in [-0.05, 0) is 18.2 Å². The third-order valence-electron chi connectivity index (χ3n) is 2.25. The molecule has 0 aliphatic heterocycles. The molecule has 0 amide bonds. The van der Waals surface area contributed by atoms with Crippen molar-refractivity contribution < 1.29 is 14.3 Å². The maximum atomic E-state index is 10.6. The Hall–Kier alpha value is -2.07. The van der Waals surface area contributed by atoms with Gasteiger partial charge in [-0.25, -0.2) is 4.98 Å². The van der Waals surface area contributed by atoms with Gasteiger partial charge in [0.15, 0.2) is 6.29 Å². The molecular weight excluding hydrogens is 254 g/mol. The number of rotatable bonds is 4. The van der Waals surface area contributed by atoms with Crippen molar-refractivity contribution in [1.29, 1.82) is 0 Å². The van der Waals surface area contributed by atoms with E-state index in [0.29, 0.717) is 34.3 Å². The van der Waals surface area contributed by atoms with Gasteiger partial charge >= 0.3 is 0 Å². The largest absolute Gasteiger partial charge is 0.481 e. The number of nitrogens with zero attached hydrogens (tertiary/aromatic N) is 1. The number of hydrogen-bond acceptors (Lipinski definition) is 4. The predicted molar refractivity (Wildman–Crippen MR) is 67.7 cm³/mol. The van der Waals surface area contributed by atoms with Crippen molar-refractivity contribution in [2.45, 2.75) is 0 Å². The second-order valence-electron chi connectivity index (χ2n) is 3.44. The summed E-state index contributed by atoms with van der Waals surface area (Å²) in [6, 6.07) is 8.26. The first-order valence-electron chi connectivity index (χ1n) is 5.15. The summed E-state index contributed by atoms with van der Waals surface area (Å²) in [5.74, 6) is 1.61. The lowest BCUT2D eigenvalue weighted by atomic mass is 10.2. The lowest BCUT2D eigenvalue weighted by Crippen LogP contribution is -1.90. The molecule has 0 radical (unpaired) electrons. The van der Waals surface area contributed by atoms with Crippen molar-refractivity contribution in [1.82, 2.24) is 4.98 Å². The van der Waals surface area contributed by atoms with Crippen molar-refractivity contribution in [3.05, 3.63) is 47.1 Å². The third kappa shape index (κ3) is 2.78. The van der Waals surface area contributed by atoms with E-state index in [-0.39, 0.29) is 0 Å². The van der Waals surface area contributed by atoms with Crippen LogP contribution >= 0.6 is 11.6 Å². The van der Waals surface area contributed by atoms with Gasteiger partial charge in [-0.3, -0.25) is 4.79 Å². The first kappa shape index (κ1) is 12.4. The zero-order chi connectivity index (χ0) is 13.0.